The third-order valence-corrected chi connectivity index (χ3v) is 5.33. The summed E-state index contributed by atoms with van der Waals surface area (Å²) < 4.78 is 26.8. The maximum Gasteiger partial charge on any atom is 0.288 e. The van der Waals surface area contributed by atoms with Gasteiger partial charge in [-0.1, -0.05) is 6.07 Å². The Labute approximate surface area is 220 Å². The predicted molar refractivity (Wildman–Crippen MR) is 142 cm³/mol. The van der Waals surface area contributed by atoms with Crippen molar-refractivity contribution in [2.75, 3.05) is 11.9 Å². The first-order chi connectivity index (χ1) is 18.1. The Morgan fingerprint density at radius 1 is 1.11 bits per heavy atom. The van der Waals surface area contributed by atoms with Gasteiger partial charge in [-0.15, -0.1) is 0 Å². The number of rotatable bonds is 10. The lowest BCUT2D eigenvalue weighted by molar-refractivity contribution is -0.122. The summed E-state index contributed by atoms with van der Waals surface area (Å²) in [4.78, 5) is 29.9. The number of amides is 2. The first-order valence-corrected chi connectivity index (χ1v) is 12.0. The normalized spacial score (nSPS) is 11.4. The molecule has 0 bridgehead atoms. The summed E-state index contributed by atoms with van der Waals surface area (Å²) in [5.41, 5.74) is 11.8. The summed E-state index contributed by atoms with van der Waals surface area (Å²) in [7, 11) is 0. The second-order valence-electron chi connectivity index (χ2n) is 8.60. The minimum atomic E-state index is -1.30. The van der Waals surface area contributed by atoms with Crippen molar-refractivity contribution < 1.29 is 23.5 Å². The molecule has 6 N–H and O–H groups in total. The van der Waals surface area contributed by atoms with E-state index in [1.54, 1.807) is 64.1 Å². The molecule has 200 valence electrons. The molecule has 11 heteroatoms. The highest BCUT2D eigenvalue weighted by atomic mass is 19.1. The van der Waals surface area contributed by atoms with Crippen LogP contribution in [0.1, 0.15) is 54.0 Å². The van der Waals surface area contributed by atoms with E-state index in [2.05, 4.69) is 21.2 Å². The molecule has 3 aromatic rings. The number of hydrogen-bond donors (Lipinski definition) is 5. The topological polar surface area (TPSA) is 151 Å². The monoisotopic (exact) mass is 522 g/mol. The number of nitrogens with two attached hydrogens (primary N) is 1. The van der Waals surface area contributed by atoms with Crippen LogP contribution in [0.15, 0.2) is 54.7 Å². The third-order valence-electron chi connectivity index (χ3n) is 5.33. The summed E-state index contributed by atoms with van der Waals surface area (Å²) in [5, 5.41) is 10.5. The van der Waals surface area contributed by atoms with E-state index in [1.165, 1.54) is 12.3 Å². The zero-order valence-corrected chi connectivity index (χ0v) is 21.6. The highest BCUT2D eigenvalue weighted by Gasteiger charge is 2.27. The predicted octanol–water partition coefficient (Wildman–Crippen LogP) is 3.61. The zero-order valence-electron chi connectivity index (χ0n) is 21.6. The summed E-state index contributed by atoms with van der Waals surface area (Å²) in [6.07, 6.45) is 1.23. The number of aryl methyl sites for hydroxylation is 1. The van der Waals surface area contributed by atoms with Gasteiger partial charge in [-0.05, 0) is 69.7 Å². The van der Waals surface area contributed by atoms with Crippen LogP contribution >= 0.6 is 0 Å². The summed E-state index contributed by atoms with van der Waals surface area (Å²) in [5.74, 6) is -1.75. The number of pyridine rings is 1. The van der Waals surface area contributed by atoms with Crippen LogP contribution in [-0.4, -0.2) is 35.3 Å². The number of anilines is 1. The molecule has 1 unspecified atom stereocenters. The number of carbonyl (C=O) groups excluding carboxylic acids is 2. The van der Waals surface area contributed by atoms with Crippen molar-refractivity contribution in [3.8, 4) is 11.5 Å². The number of hydrazine groups is 1. The van der Waals surface area contributed by atoms with Crippen molar-refractivity contribution in [1.29, 1.82) is 5.41 Å². The molecule has 10 nitrogen and oxygen atoms in total. The molecule has 38 heavy (non-hydrogen) atoms. The molecule has 0 radical (unpaired) electrons. The molecule has 0 aliphatic carbocycles. The zero-order chi connectivity index (χ0) is 27.8. The van der Waals surface area contributed by atoms with Crippen molar-refractivity contribution in [2.24, 2.45) is 5.73 Å². The Balaban J connectivity index is 1.95. The molecule has 1 atom stereocenters. The van der Waals surface area contributed by atoms with Gasteiger partial charge >= 0.3 is 0 Å². The van der Waals surface area contributed by atoms with Gasteiger partial charge < -0.3 is 20.5 Å². The highest BCUT2D eigenvalue weighted by molar-refractivity contribution is 5.96. The van der Waals surface area contributed by atoms with E-state index < -0.39 is 23.7 Å². The summed E-state index contributed by atoms with van der Waals surface area (Å²) >= 11 is 0. The maximum atomic E-state index is 15.4. The fourth-order valence-corrected chi connectivity index (χ4v) is 3.56. The molecule has 2 amide bonds. The number of ether oxygens (including phenoxy) is 2. The van der Waals surface area contributed by atoms with Gasteiger partial charge in [0.25, 0.3) is 11.8 Å². The minimum absolute atomic E-state index is 0.0408. The van der Waals surface area contributed by atoms with E-state index in [0.29, 0.717) is 16.8 Å². The Bertz CT molecular complexity index is 1310. The van der Waals surface area contributed by atoms with Crippen molar-refractivity contribution in [3.63, 3.8) is 0 Å². The van der Waals surface area contributed by atoms with E-state index >= 15 is 4.39 Å². The lowest BCUT2D eigenvalue weighted by Crippen LogP contribution is -2.46. The molecular formula is C27H31FN6O4. The molecule has 0 fully saturated rings. The first kappa shape index (κ1) is 27.9. The molecule has 0 aliphatic rings. The van der Waals surface area contributed by atoms with E-state index in [4.69, 9.17) is 20.6 Å². The highest BCUT2D eigenvalue weighted by Crippen LogP contribution is 2.35. The van der Waals surface area contributed by atoms with Crippen LogP contribution in [0.25, 0.3) is 0 Å². The van der Waals surface area contributed by atoms with Crippen LogP contribution in [0.4, 0.5) is 10.1 Å². The van der Waals surface area contributed by atoms with E-state index in [-0.39, 0.29) is 41.3 Å². The van der Waals surface area contributed by atoms with Gasteiger partial charge in [-0.25, -0.2) is 4.39 Å². The molecule has 2 aromatic carbocycles. The van der Waals surface area contributed by atoms with Crippen molar-refractivity contribution in [3.05, 3.63) is 82.9 Å². The van der Waals surface area contributed by atoms with E-state index in [9.17, 15) is 9.59 Å². The SMILES string of the molecule is CCOc1cc(C(Nc2ccc(C(=N)N)cc2)C(=O)NNC(=O)c2ncccc2C)c(F)cc1OC(C)C. The number of aromatic nitrogens is 1. The van der Waals surface area contributed by atoms with E-state index in [1.807, 2.05) is 0 Å². The second-order valence-corrected chi connectivity index (χ2v) is 8.60. The standard InChI is InChI=1S/C27H31FN6O4/c1-5-37-21-13-19(20(28)14-22(21)38-15(2)3)24(32-18-10-8-17(9-11-18)25(29)30)27(36)34-33-26(35)23-16(4)7-6-12-31-23/h6-15,24,32H,5H2,1-4H3,(H3,29,30)(H,33,35)(H,34,36). The number of halogens is 1. The number of nitrogens with zero attached hydrogens (tertiary/aromatic N) is 1. The second kappa shape index (κ2) is 12.5. The molecule has 0 aliphatic heterocycles. The number of carbonyl (C=O) groups is 2. The first-order valence-electron chi connectivity index (χ1n) is 12.0. The Morgan fingerprint density at radius 3 is 2.42 bits per heavy atom. The van der Waals surface area contributed by atoms with Crippen LogP contribution in [0, 0.1) is 18.2 Å². The number of benzene rings is 2. The largest absolute Gasteiger partial charge is 0.490 e. The lowest BCUT2D eigenvalue weighted by atomic mass is 10.0. The number of nitrogen functional groups attached to an aromatic ring is 1. The molecule has 0 saturated heterocycles. The molecule has 3 rings (SSSR count). The Hall–Kier alpha value is -4.67. The van der Waals surface area contributed by atoms with Gasteiger partial charge in [-0.2, -0.15) is 0 Å². The number of amidine groups is 1. The molecular weight excluding hydrogens is 491 g/mol. The van der Waals surface area contributed by atoms with Gasteiger partial charge in [0.2, 0.25) is 0 Å². The van der Waals surface area contributed by atoms with Gasteiger partial charge in [0.05, 0.1) is 12.7 Å². The van der Waals surface area contributed by atoms with Crippen molar-refractivity contribution in [2.45, 2.75) is 39.8 Å². The van der Waals surface area contributed by atoms with Gasteiger partial charge in [0, 0.05) is 29.1 Å². The molecule has 0 spiro atoms. The Morgan fingerprint density at radius 2 is 1.82 bits per heavy atom. The average molecular weight is 523 g/mol. The van der Waals surface area contributed by atoms with Crippen LogP contribution in [-0.2, 0) is 4.79 Å². The number of nitrogens with one attached hydrogen (secondary N) is 4. The quantitative estimate of drug-likeness (QED) is 0.155. The van der Waals surface area contributed by atoms with Gasteiger partial charge in [0.1, 0.15) is 23.4 Å². The van der Waals surface area contributed by atoms with Crippen LogP contribution in [0.3, 0.4) is 0 Å². The molecule has 1 aromatic heterocycles. The van der Waals surface area contributed by atoms with E-state index in [0.717, 1.165) is 6.07 Å². The lowest BCUT2D eigenvalue weighted by Gasteiger charge is -2.23. The third kappa shape index (κ3) is 6.96. The minimum Gasteiger partial charge on any atom is -0.490 e. The smallest absolute Gasteiger partial charge is 0.288 e. The summed E-state index contributed by atoms with van der Waals surface area (Å²) in [6, 6.07) is 11.0. The number of hydrogen-bond acceptors (Lipinski definition) is 7. The summed E-state index contributed by atoms with van der Waals surface area (Å²) in [6.45, 7) is 7.38. The maximum absolute atomic E-state index is 15.4. The van der Waals surface area contributed by atoms with Gasteiger partial charge in [0.15, 0.2) is 11.5 Å². The van der Waals surface area contributed by atoms with Crippen LogP contribution in [0.5, 0.6) is 11.5 Å². The average Bonchev–Trinajstić information content (AvgIpc) is 2.87. The van der Waals surface area contributed by atoms with Gasteiger partial charge in [-0.3, -0.25) is 30.8 Å². The van der Waals surface area contributed by atoms with Crippen LogP contribution < -0.4 is 31.4 Å². The fourth-order valence-electron chi connectivity index (χ4n) is 3.56. The van der Waals surface area contributed by atoms with Crippen LogP contribution in [0.2, 0.25) is 0 Å². The fraction of sp³-hybridized carbons (Fsp3) is 0.259. The molecule has 1 heterocycles. The Kier molecular flexibility index (Phi) is 9.20. The van der Waals surface area contributed by atoms with Crippen molar-refractivity contribution in [1.82, 2.24) is 15.8 Å². The van der Waals surface area contributed by atoms with Crippen molar-refractivity contribution >= 4 is 23.3 Å². The molecule has 0 saturated carbocycles.